The molecule has 1 spiro atoms. The van der Waals surface area contributed by atoms with E-state index in [-0.39, 0.29) is 44.9 Å². The van der Waals surface area contributed by atoms with Crippen molar-refractivity contribution in [2.45, 2.75) is 81.6 Å². The number of hydrogen-bond acceptors (Lipinski definition) is 6. The lowest BCUT2D eigenvalue weighted by Crippen LogP contribution is -2.66. The summed E-state index contributed by atoms with van der Waals surface area (Å²) >= 11 is 0. The molecule has 1 N–H and O–H groups in total. The molecule has 2 fully saturated rings. The number of imide groups is 1. The Labute approximate surface area is 295 Å². The average Bonchev–Trinajstić information content (AvgIpc) is 3.43. The van der Waals surface area contributed by atoms with Crippen molar-refractivity contribution in [2.75, 3.05) is 13.2 Å². The van der Waals surface area contributed by atoms with Crippen LogP contribution in [-0.4, -0.2) is 57.5 Å². The molecular weight excluding hydrogens is 698 g/mol. The number of halogens is 6. The van der Waals surface area contributed by atoms with Gasteiger partial charge in [0.1, 0.15) is 6.61 Å². The Morgan fingerprint density at radius 1 is 0.846 bits per heavy atom. The van der Waals surface area contributed by atoms with Crippen molar-refractivity contribution in [2.24, 2.45) is 0 Å². The van der Waals surface area contributed by atoms with Crippen molar-refractivity contribution in [3.05, 3.63) is 107 Å². The minimum Gasteiger partial charge on any atom is -0.481 e. The monoisotopic (exact) mass is 734 g/mol. The fourth-order valence-corrected chi connectivity index (χ4v) is 6.93. The SMILES string of the molecule is C[C@@H](OC[C@@]1(c2ccccc2)CC[C@]2(CCC(=O)N2C(=O)CCC(=O)O)CN1C(=O)OCc1ccccc1)c1cc(C(F)(F)F)cc(C(F)(F)F)c1. The van der Waals surface area contributed by atoms with Crippen LogP contribution in [0.25, 0.3) is 0 Å². The summed E-state index contributed by atoms with van der Waals surface area (Å²) < 4.78 is 94.1. The number of carboxylic acids is 1. The number of piperidine rings is 1. The Bertz CT molecular complexity index is 1750. The van der Waals surface area contributed by atoms with Crippen LogP contribution in [0.15, 0.2) is 78.9 Å². The molecule has 0 unspecified atom stereocenters. The summed E-state index contributed by atoms with van der Waals surface area (Å²) in [5.74, 6) is -2.49. The topological polar surface area (TPSA) is 113 Å². The average molecular weight is 735 g/mol. The molecule has 9 nitrogen and oxygen atoms in total. The highest BCUT2D eigenvalue weighted by Crippen LogP contribution is 2.49. The van der Waals surface area contributed by atoms with E-state index in [9.17, 15) is 50.6 Å². The minimum absolute atomic E-state index is 0.0244. The van der Waals surface area contributed by atoms with E-state index in [0.29, 0.717) is 23.3 Å². The van der Waals surface area contributed by atoms with E-state index in [1.807, 2.05) is 0 Å². The molecule has 2 aliphatic heterocycles. The van der Waals surface area contributed by atoms with Crippen LogP contribution < -0.4 is 0 Å². The van der Waals surface area contributed by atoms with E-state index in [2.05, 4.69) is 0 Å². The third-order valence-electron chi connectivity index (χ3n) is 9.69. The summed E-state index contributed by atoms with van der Waals surface area (Å²) in [7, 11) is 0. The third kappa shape index (κ3) is 8.24. The van der Waals surface area contributed by atoms with E-state index in [1.165, 1.54) is 11.8 Å². The molecule has 2 heterocycles. The van der Waals surface area contributed by atoms with Crippen LogP contribution in [0.4, 0.5) is 31.1 Å². The molecule has 0 aliphatic carbocycles. The number of amides is 3. The maximum atomic E-state index is 14.2. The van der Waals surface area contributed by atoms with E-state index in [0.717, 1.165) is 4.90 Å². The smallest absolute Gasteiger partial charge is 0.416 e. The minimum atomic E-state index is -5.08. The van der Waals surface area contributed by atoms with Crippen LogP contribution in [0.2, 0.25) is 0 Å². The summed E-state index contributed by atoms with van der Waals surface area (Å²) in [6.07, 6.45) is -13.1. The van der Waals surface area contributed by atoms with Crippen molar-refractivity contribution in [1.29, 1.82) is 0 Å². The zero-order valence-electron chi connectivity index (χ0n) is 28.0. The molecule has 3 aromatic rings. The Hall–Kier alpha value is -4.92. The van der Waals surface area contributed by atoms with Gasteiger partial charge in [0, 0.05) is 19.4 Å². The number of nitrogens with zero attached hydrogens (tertiary/aromatic N) is 2. The van der Waals surface area contributed by atoms with Gasteiger partial charge in [-0.3, -0.25) is 24.2 Å². The standard InChI is InChI=1S/C37H36F6N2O7/c1-24(26-18-28(36(38,39)40)20-29(19-26)37(41,42)43)52-23-35(27-10-6-3-7-11-27)17-16-34(15-14-31(47)45(34)30(46)12-13-32(48)49)22-44(35)33(50)51-21-25-8-4-2-5-9-25/h2-11,18-20,24H,12-17,21-23H2,1H3,(H,48,49)/t24-,34-,35-/m1/s1. The molecular formula is C37H36F6N2O7. The normalized spacial score (nSPS) is 21.3. The lowest BCUT2D eigenvalue weighted by molar-refractivity contribution is -0.154. The molecule has 52 heavy (non-hydrogen) atoms. The molecule has 0 radical (unpaired) electrons. The number of carbonyl (C=O) groups is 4. The van der Waals surface area contributed by atoms with Gasteiger partial charge in [0.15, 0.2) is 0 Å². The van der Waals surface area contributed by atoms with Gasteiger partial charge in [0.05, 0.1) is 41.3 Å². The predicted molar refractivity (Wildman–Crippen MR) is 172 cm³/mol. The Morgan fingerprint density at radius 2 is 1.44 bits per heavy atom. The summed E-state index contributed by atoms with van der Waals surface area (Å²) in [6.45, 7) is 0.442. The number of rotatable bonds is 10. The summed E-state index contributed by atoms with van der Waals surface area (Å²) in [6, 6.07) is 18.3. The first-order valence-electron chi connectivity index (χ1n) is 16.5. The highest BCUT2D eigenvalue weighted by atomic mass is 19.4. The highest BCUT2D eigenvalue weighted by Gasteiger charge is 2.58. The van der Waals surface area contributed by atoms with Crippen LogP contribution in [-0.2, 0) is 48.4 Å². The lowest BCUT2D eigenvalue weighted by Gasteiger charge is -2.54. The fraction of sp³-hybridized carbons (Fsp3) is 0.405. The van der Waals surface area contributed by atoms with Gasteiger partial charge >= 0.3 is 24.4 Å². The second-order valence-electron chi connectivity index (χ2n) is 13.1. The van der Waals surface area contributed by atoms with Crippen LogP contribution in [0.1, 0.15) is 79.4 Å². The van der Waals surface area contributed by atoms with Crippen molar-refractivity contribution < 1.29 is 60.1 Å². The van der Waals surface area contributed by atoms with Gasteiger partial charge in [-0.05, 0) is 61.1 Å². The molecule has 0 bridgehead atoms. The van der Waals surface area contributed by atoms with E-state index < -0.39 is 89.6 Å². The quantitative estimate of drug-likeness (QED) is 0.211. The molecule has 3 atom stereocenters. The summed E-state index contributed by atoms with van der Waals surface area (Å²) in [5.41, 5.74) is -4.95. The van der Waals surface area contributed by atoms with E-state index in [1.54, 1.807) is 60.7 Å². The molecule has 2 saturated heterocycles. The molecule has 0 saturated carbocycles. The number of ether oxygens (including phenoxy) is 2. The molecule has 3 amide bonds. The van der Waals surface area contributed by atoms with Gasteiger partial charge in [0.2, 0.25) is 11.8 Å². The third-order valence-corrected chi connectivity index (χ3v) is 9.69. The molecule has 2 aliphatic rings. The second kappa shape index (κ2) is 15.0. The number of likely N-dealkylation sites (tertiary alicyclic amines) is 2. The molecule has 15 heteroatoms. The largest absolute Gasteiger partial charge is 0.481 e. The number of carbonyl (C=O) groups excluding carboxylic acids is 3. The van der Waals surface area contributed by atoms with E-state index >= 15 is 0 Å². The number of benzene rings is 3. The molecule has 5 rings (SSSR count). The maximum Gasteiger partial charge on any atom is 0.416 e. The van der Waals surface area contributed by atoms with Gasteiger partial charge < -0.3 is 14.6 Å². The molecule has 278 valence electrons. The number of carboxylic acid groups (broad SMARTS) is 1. The van der Waals surface area contributed by atoms with Crippen molar-refractivity contribution in [3.63, 3.8) is 0 Å². The van der Waals surface area contributed by atoms with Gasteiger partial charge in [-0.25, -0.2) is 4.79 Å². The number of hydrogen-bond donors (Lipinski definition) is 1. The zero-order valence-corrected chi connectivity index (χ0v) is 28.0. The first kappa shape index (κ1) is 38.3. The molecule has 0 aromatic heterocycles. The number of aliphatic carboxylic acids is 1. The summed E-state index contributed by atoms with van der Waals surface area (Å²) in [5, 5.41) is 9.18. The van der Waals surface area contributed by atoms with Crippen LogP contribution in [0.5, 0.6) is 0 Å². The summed E-state index contributed by atoms with van der Waals surface area (Å²) in [4.78, 5) is 54.3. The van der Waals surface area contributed by atoms with Gasteiger partial charge in [0.25, 0.3) is 0 Å². The van der Waals surface area contributed by atoms with Crippen LogP contribution >= 0.6 is 0 Å². The zero-order chi connectivity index (χ0) is 37.9. The second-order valence-corrected chi connectivity index (χ2v) is 13.1. The van der Waals surface area contributed by atoms with Crippen molar-refractivity contribution in [3.8, 4) is 0 Å². The first-order valence-corrected chi connectivity index (χ1v) is 16.5. The van der Waals surface area contributed by atoms with Gasteiger partial charge in [-0.2, -0.15) is 26.3 Å². The Kier molecular flexibility index (Phi) is 11.0. The number of alkyl halides is 6. The van der Waals surface area contributed by atoms with Gasteiger partial charge in [-0.15, -0.1) is 0 Å². The van der Waals surface area contributed by atoms with E-state index in [4.69, 9.17) is 9.47 Å². The maximum absolute atomic E-state index is 14.2. The molecule has 3 aromatic carbocycles. The van der Waals surface area contributed by atoms with Crippen molar-refractivity contribution in [1.82, 2.24) is 9.80 Å². The lowest BCUT2D eigenvalue weighted by atomic mass is 9.73. The Balaban J connectivity index is 1.54. The first-order chi connectivity index (χ1) is 24.4. The van der Waals surface area contributed by atoms with Gasteiger partial charge in [-0.1, -0.05) is 60.7 Å². The fourth-order valence-electron chi connectivity index (χ4n) is 6.93. The predicted octanol–water partition coefficient (Wildman–Crippen LogP) is 7.88. The van der Waals surface area contributed by atoms with Crippen LogP contribution in [0, 0.1) is 0 Å². The van der Waals surface area contributed by atoms with Crippen LogP contribution in [0.3, 0.4) is 0 Å². The van der Waals surface area contributed by atoms with Crippen molar-refractivity contribution >= 4 is 23.9 Å². The highest BCUT2D eigenvalue weighted by molar-refractivity contribution is 5.99. The Morgan fingerprint density at radius 3 is 2.02 bits per heavy atom.